The van der Waals surface area contributed by atoms with Crippen LogP contribution < -0.4 is 21.7 Å². The normalized spacial score (nSPS) is 13.9. The molecule has 0 spiro atoms. The van der Waals surface area contributed by atoms with E-state index in [2.05, 4.69) is 20.9 Å². The molecule has 9 N–H and O–H groups in total. The number of nitrogens with two attached hydrogens (primary N) is 1. The van der Waals surface area contributed by atoms with Crippen LogP contribution in [0.15, 0.2) is 54.7 Å². The van der Waals surface area contributed by atoms with Crippen LogP contribution in [0.25, 0.3) is 10.9 Å². The fourth-order valence-electron chi connectivity index (χ4n) is 4.19. The van der Waals surface area contributed by atoms with Crippen molar-refractivity contribution in [3.05, 3.63) is 65.9 Å². The fraction of sp³-hybridized carbons (Fsp3) is 0.321. The van der Waals surface area contributed by atoms with Gasteiger partial charge in [0.05, 0.1) is 6.04 Å². The van der Waals surface area contributed by atoms with Gasteiger partial charge in [0.1, 0.15) is 23.9 Å². The molecule has 4 unspecified atom stereocenters. The van der Waals surface area contributed by atoms with Crippen LogP contribution in [-0.2, 0) is 36.8 Å². The Kier molecular flexibility index (Phi) is 10.4. The number of nitrogens with one attached hydrogen (secondary N) is 4. The van der Waals surface area contributed by atoms with Crippen molar-refractivity contribution in [2.45, 2.75) is 56.8 Å². The van der Waals surface area contributed by atoms with E-state index in [1.807, 2.05) is 24.3 Å². The summed E-state index contributed by atoms with van der Waals surface area (Å²) in [6.07, 6.45) is 1.14. The molecule has 0 aliphatic heterocycles. The molecule has 0 saturated carbocycles. The molecule has 0 fully saturated rings. The van der Waals surface area contributed by atoms with Gasteiger partial charge in [-0.1, -0.05) is 30.3 Å². The highest BCUT2D eigenvalue weighted by Gasteiger charge is 2.29. The zero-order chi connectivity index (χ0) is 30.1. The Morgan fingerprint density at radius 1 is 0.854 bits per heavy atom. The maximum Gasteiger partial charge on any atom is 0.326 e. The van der Waals surface area contributed by atoms with Gasteiger partial charge in [-0.2, -0.15) is 0 Å². The van der Waals surface area contributed by atoms with Gasteiger partial charge in [-0.3, -0.25) is 19.2 Å². The van der Waals surface area contributed by atoms with Crippen molar-refractivity contribution < 1.29 is 39.3 Å². The van der Waals surface area contributed by atoms with Crippen molar-refractivity contribution in [2.75, 3.05) is 0 Å². The maximum absolute atomic E-state index is 13.2. The fourth-order valence-corrected chi connectivity index (χ4v) is 4.19. The minimum Gasteiger partial charge on any atom is -0.508 e. The number of hydrogen-bond donors (Lipinski definition) is 8. The van der Waals surface area contributed by atoms with Gasteiger partial charge in [-0.05, 0) is 49.1 Å². The highest BCUT2D eigenvalue weighted by atomic mass is 16.4. The molecule has 1 heterocycles. The zero-order valence-electron chi connectivity index (χ0n) is 22.3. The Balaban J connectivity index is 1.70. The monoisotopic (exact) mass is 567 g/mol. The molecule has 4 atom stereocenters. The first-order valence-electron chi connectivity index (χ1n) is 12.9. The van der Waals surface area contributed by atoms with Gasteiger partial charge in [-0.15, -0.1) is 0 Å². The molecule has 218 valence electrons. The second-order valence-electron chi connectivity index (χ2n) is 9.66. The average molecular weight is 568 g/mol. The number of H-pyrrole nitrogens is 1. The second-order valence-corrected chi connectivity index (χ2v) is 9.66. The number of aliphatic carboxylic acids is 2. The number of carboxylic acid groups (broad SMARTS) is 2. The SMILES string of the molecule is CC(NC(=O)C(Cc1ccc(O)cc1)NC(=O)C(N)Cc1c[nH]c2ccccc12)C(=O)NC(CCC(=O)O)C(=O)O. The molecule has 13 heteroatoms. The number of rotatable bonds is 14. The van der Waals surface area contributed by atoms with E-state index in [1.54, 1.807) is 18.3 Å². The molecule has 13 nitrogen and oxygen atoms in total. The lowest BCUT2D eigenvalue weighted by molar-refractivity contribution is -0.143. The third-order valence-electron chi connectivity index (χ3n) is 6.47. The predicted molar refractivity (Wildman–Crippen MR) is 148 cm³/mol. The Morgan fingerprint density at radius 2 is 1.51 bits per heavy atom. The molecular formula is C28H33N5O8. The first-order valence-corrected chi connectivity index (χ1v) is 12.9. The van der Waals surface area contributed by atoms with Gasteiger partial charge in [0, 0.05) is 29.9 Å². The molecule has 3 amide bonds. The van der Waals surface area contributed by atoms with E-state index in [4.69, 9.17) is 10.8 Å². The molecule has 3 aromatic rings. The smallest absolute Gasteiger partial charge is 0.326 e. The first kappa shape index (κ1) is 30.6. The van der Waals surface area contributed by atoms with Gasteiger partial charge in [-0.25, -0.2) is 4.79 Å². The van der Waals surface area contributed by atoms with E-state index in [9.17, 15) is 34.2 Å². The van der Waals surface area contributed by atoms with Gasteiger partial charge in [0.25, 0.3) is 0 Å². The number of carboxylic acids is 2. The van der Waals surface area contributed by atoms with Crippen LogP contribution in [0.3, 0.4) is 0 Å². The molecule has 0 bridgehead atoms. The van der Waals surface area contributed by atoms with Crippen molar-refractivity contribution in [3.63, 3.8) is 0 Å². The Hall–Kier alpha value is -4.91. The summed E-state index contributed by atoms with van der Waals surface area (Å²) >= 11 is 0. The van der Waals surface area contributed by atoms with E-state index in [1.165, 1.54) is 19.1 Å². The van der Waals surface area contributed by atoms with Crippen molar-refractivity contribution in [1.29, 1.82) is 0 Å². The van der Waals surface area contributed by atoms with Crippen molar-refractivity contribution in [2.24, 2.45) is 5.73 Å². The summed E-state index contributed by atoms with van der Waals surface area (Å²) in [6, 6.07) is 8.68. The number of para-hydroxylation sites is 1. The predicted octanol–water partition coefficient (Wildman–Crippen LogP) is 0.410. The highest BCUT2D eigenvalue weighted by Crippen LogP contribution is 2.19. The van der Waals surface area contributed by atoms with Gasteiger partial charge < -0.3 is 42.0 Å². The Morgan fingerprint density at radius 3 is 2.17 bits per heavy atom. The van der Waals surface area contributed by atoms with Crippen molar-refractivity contribution >= 4 is 40.6 Å². The van der Waals surface area contributed by atoms with Crippen LogP contribution in [0.4, 0.5) is 0 Å². The summed E-state index contributed by atoms with van der Waals surface area (Å²) in [4.78, 5) is 64.2. The largest absolute Gasteiger partial charge is 0.508 e. The van der Waals surface area contributed by atoms with Crippen molar-refractivity contribution in [1.82, 2.24) is 20.9 Å². The Labute approximate surface area is 235 Å². The lowest BCUT2D eigenvalue weighted by Crippen LogP contribution is -2.57. The molecule has 2 aromatic carbocycles. The quantitative estimate of drug-likeness (QED) is 0.135. The van der Waals surface area contributed by atoms with Gasteiger partial charge in [0.2, 0.25) is 17.7 Å². The number of carbonyl (C=O) groups excluding carboxylic acids is 3. The van der Waals surface area contributed by atoms with Crippen LogP contribution in [0.2, 0.25) is 0 Å². The number of phenols is 1. The number of aromatic amines is 1. The number of phenolic OH excluding ortho intramolecular Hbond substituents is 1. The van der Waals surface area contributed by atoms with Gasteiger partial charge in [0.15, 0.2) is 0 Å². The number of hydrogen-bond acceptors (Lipinski definition) is 7. The number of amides is 3. The summed E-state index contributed by atoms with van der Waals surface area (Å²) in [5, 5.41) is 35.9. The summed E-state index contributed by atoms with van der Waals surface area (Å²) in [6.45, 7) is 1.32. The third kappa shape index (κ3) is 8.80. The Bertz CT molecular complexity index is 1400. The topological polar surface area (TPSA) is 224 Å². The van der Waals surface area contributed by atoms with E-state index < -0.39 is 60.2 Å². The maximum atomic E-state index is 13.2. The summed E-state index contributed by atoms with van der Waals surface area (Å²) < 4.78 is 0. The lowest BCUT2D eigenvalue weighted by atomic mass is 10.0. The average Bonchev–Trinajstić information content (AvgIpc) is 3.33. The third-order valence-corrected chi connectivity index (χ3v) is 6.47. The standard InChI is InChI=1S/C28H33N5O8/c1-15(25(37)32-22(28(40)41)10-11-24(35)36)31-27(39)23(12-16-6-8-18(34)9-7-16)33-26(38)20(29)13-17-14-30-21-5-3-2-4-19(17)21/h2-9,14-15,20,22-23,30,34H,10-13,29H2,1H3,(H,31,39)(H,32,37)(H,33,38)(H,35,36)(H,40,41). The summed E-state index contributed by atoms with van der Waals surface area (Å²) in [5.74, 6) is -4.80. The summed E-state index contributed by atoms with van der Waals surface area (Å²) in [5.41, 5.74) is 8.51. The number of aromatic hydroxyl groups is 1. The second kappa shape index (κ2) is 13.9. The van der Waals surface area contributed by atoms with Crippen LogP contribution in [0, 0.1) is 0 Å². The molecule has 0 aliphatic carbocycles. The molecule has 41 heavy (non-hydrogen) atoms. The number of aromatic nitrogens is 1. The van der Waals surface area contributed by atoms with Crippen LogP contribution in [0.5, 0.6) is 5.75 Å². The molecule has 0 aliphatic rings. The molecule has 3 rings (SSSR count). The number of fused-ring (bicyclic) bond motifs is 1. The highest BCUT2D eigenvalue weighted by molar-refractivity contribution is 5.94. The zero-order valence-corrected chi connectivity index (χ0v) is 22.3. The van der Waals surface area contributed by atoms with Crippen molar-refractivity contribution in [3.8, 4) is 5.75 Å². The minimum absolute atomic E-state index is 0.00234. The number of carbonyl (C=O) groups is 5. The first-order chi connectivity index (χ1) is 19.4. The molecule has 0 radical (unpaired) electrons. The number of benzene rings is 2. The van der Waals surface area contributed by atoms with E-state index in [0.717, 1.165) is 16.5 Å². The van der Waals surface area contributed by atoms with Crippen LogP contribution in [0.1, 0.15) is 30.9 Å². The molecule has 0 saturated heterocycles. The van der Waals surface area contributed by atoms with Crippen LogP contribution >= 0.6 is 0 Å². The van der Waals surface area contributed by atoms with E-state index in [-0.39, 0.29) is 25.0 Å². The van der Waals surface area contributed by atoms with E-state index >= 15 is 0 Å². The molecule has 1 aromatic heterocycles. The summed E-state index contributed by atoms with van der Waals surface area (Å²) in [7, 11) is 0. The molecular weight excluding hydrogens is 534 g/mol. The van der Waals surface area contributed by atoms with Gasteiger partial charge >= 0.3 is 11.9 Å². The van der Waals surface area contributed by atoms with Crippen LogP contribution in [-0.4, -0.2) is 74.1 Å². The van der Waals surface area contributed by atoms with E-state index in [0.29, 0.717) is 5.56 Å². The minimum atomic E-state index is -1.46. The lowest BCUT2D eigenvalue weighted by Gasteiger charge is -2.23.